The van der Waals surface area contributed by atoms with Crippen LogP contribution in [0.3, 0.4) is 0 Å². The molecule has 0 radical (unpaired) electrons. The molecule has 2 aromatic heterocycles. The van der Waals surface area contributed by atoms with Crippen LogP contribution in [-0.2, 0) is 24.8 Å². The summed E-state index contributed by atoms with van der Waals surface area (Å²) in [6.45, 7) is -0.736. The fourth-order valence-electron chi connectivity index (χ4n) is 4.74. The normalized spacial score (nSPS) is 27.0. The molecule has 17 heteroatoms. The number of nitrogens with one attached hydrogen (secondary N) is 1. The minimum absolute atomic E-state index is 0.0887. The lowest BCUT2D eigenvalue weighted by atomic mass is 10.1. The highest BCUT2D eigenvalue weighted by Crippen LogP contribution is 2.55. The van der Waals surface area contributed by atoms with Gasteiger partial charge in [-0.3, -0.25) is 9.13 Å². The zero-order valence-electron chi connectivity index (χ0n) is 19.5. The third-order valence-corrected chi connectivity index (χ3v) is 10.1. The lowest BCUT2D eigenvalue weighted by molar-refractivity contribution is -0.0541. The number of hydrogen-bond donors (Lipinski definition) is 6. The maximum absolute atomic E-state index is 13.9. The van der Waals surface area contributed by atoms with Gasteiger partial charge in [0.15, 0.2) is 17.8 Å². The van der Waals surface area contributed by atoms with E-state index >= 15 is 0 Å². The summed E-state index contributed by atoms with van der Waals surface area (Å²) in [5, 5.41) is 29.2. The Kier molecular flexibility index (Phi) is 7.42. The van der Waals surface area contributed by atoms with Gasteiger partial charge in [0.05, 0.1) is 29.9 Å². The van der Waals surface area contributed by atoms with Gasteiger partial charge in [0.2, 0.25) is 0 Å². The average molecular weight is 593 g/mol. The van der Waals surface area contributed by atoms with Crippen molar-refractivity contribution in [1.29, 1.82) is 0 Å². The quantitative estimate of drug-likeness (QED) is 0.165. The van der Waals surface area contributed by atoms with E-state index < -0.39 is 52.2 Å². The highest BCUT2D eigenvalue weighted by molar-refractivity contribution is 7.70. The second-order valence-electron chi connectivity index (χ2n) is 9.18. The number of pyridine rings is 1. The molecule has 0 bridgehead atoms. The standard InChI is InChI=1S/C21H24ClFN4O9P2/c22-17-6-15(25-14-4-2-10-1-3-11(23)5-12(10)14)13-7-24-27(20(13)26-17)21-19(29)18(28)16(36-21)8-35-38(33,34)9-37(30,31)32/h1,3,5-7,14,16,18-19,21,28-29H,2,4,8-9H2,(H,25,26)(H,33,34)(H2,30,31,32)/t14-,16-,18-,19-,21-/m1/s1. The summed E-state index contributed by atoms with van der Waals surface area (Å²) in [6.07, 6.45) is -2.82. The molecule has 38 heavy (non-hydrogen) atoms. The summed E-state index contributed by atoms with van der Waals surface area (Å²) in [5.41, 5.74) is 2.62. The van der Waals surface area contributed by atoms with Crippen molar-refractivity contribution in [2.75, 3.05) is 17.8 Å². The summed E-state index contributed by atoms with van der Waals surface area (Å²) in [7, 11) is -9.55. The van der Waals surface area contributed by atoms with Crippen molar-refractivity contribution < 1.29 is 47.7 Å². The van der Waals surface area contributed by atoms with Gasteiger partial charge < -0.3 is 39.5 Å². The zero-order valence-corrected chi connectivity index (χ0v) is 22.0. The fourth-order valence-corrected chi connectivity index (χ4v) is 7.49. The Morgan fingerprint density at radius 2 is 1.97 bits per heavy atom. The number of rotatable bonds is 8. The molecule has 6 N–H and O–H groups in total. The van der Waals surface area contributed by atoms with E-state index in [1.165, 1.54) is 23.0 Å². The van der Waals surface area contributed by atoms with Crippen LogP contribution >= 0.6 is 26.8 Å². The first-order valence-electron chi connectivity index (χ1n) is 11.4. The number of benzene rings is 1. The van der Waals surface area contributed by atoms with E-state index in [-0.39, 0.29) is 22.7 Å². The van der Waals surface area contributed by atoms with Gasteiger partial charge in [0, 0.05) is 0 Å². The van der Waals surface area contributed by atoms with Crippen molar-refractivity contribution in [3.63, 3.8) is 0 Å². The second-order valence-corrected chi connectivity index (χ2v) is 13.6. The first-order valence-corrected chi connectivity index (χ1v) is 15.4. The zero-order chi connectivity index (χ0) is 27.4. The van der Waals surface area contributed by atoms with Crippen LogP contribution in [0.4, 0.5) is 10.1 Å². The summed E-state index contributed by atoms with van der Waals surface area (Å²) >= 11 is 6.27. The van der Waals surface area contributed by atoms with E-state index in [0.717, 1.165) is 24.0 Å². The highest BCUT2D eigenvalue weighted by Gasteiger charge is 2.46. The van der Waals surface area contributed by atoms with Gasteiger partial charge in [-0.05, 0) is 42.2 Å². The minimum atomic E-state index is -4.85. The number of hydrogen-bond acceptors (Lipinski definition) is 9. The number of aryl methyl sites for hydroxylation is 1. The van der Waals surface area contributed by atoms with Crippen molar-refractivity contribution in [2.24, 2.45) is 0 Å². The van der Waals surface area contributed by atoms with Gasteiger partial charge in [-0.15, -0.1) is 0 Å². The van der Waals surface area contributed by atoms with E-state index in [2.05, 4.69) is 15.4 Å². The molecule has 2 aliphatic rings. The van der Waals surface area contributed by atoms with Crippen molar-refractivity contribution in [2.45, 2.75) is 43.4 Å². The molecule has 3 heterocycles. The van der Waals surface area contributed by atoms with Gasteiger partial charge in [0.1, 0.15) is 29.3 Å². The number of aliphatic hydroxyl groups is 2. The van der Waals surface area contributed by atoms with E-state index in [0.29, 0.717) is 11.1 Å². The van der Waals surface area contributed by atoms with Crippen LogP contribution in [0.25, 0.3) is 11.0 Å². The van der Waals surface area contributed by atoms with Crippen LogP contribution in [-0.4, -0.2) is 70.5 Å². The number of aromatic nitrogens is 3. The second kappa shape index (κ2) is 10.2. The predicted octanol–water partition coefficient (Wildman–Crippen LogP) is 2.28. The molecular weight excluding hydrogens is 569 g/mol. The van der Waals surface area contributed by atoms with Crippen LogP contribution in [0.15, 0.2) is 30.5 Å². The van der Waals surface area contributed by atoms with E-state index in [1.807, 2.05) is 0 Å². The number of halogens is 2. The van der Waals surface area contributed by atoms with Crippen molar-refractivity contribution in [1.82, 2.24) is 14.8 Å². The summed E-state index contributed by atoms with van der Waals surface area (Å²) in [4.78, 5) is 31.8. The largest absolute Gasteiger partial charge is 0.387 e. The monoisotopic (exact) mass is 592 g/mol. The van der Waals surface area contributed by atoms with Crippen LogP contribution in [0.5, 0.6) is 0 Å². The summed E-state index contributed by atoms with van der Waals surface area (Å²) < 4.78 is 48.4. The molecule has 0 spiro atoms. The number of ether oxygens (including phenoxy) is 1. The summed E-state index contributed by atoms with van der Waals surface area (Å²) in [5.74, 6) is -1.75. The van der Waals surface area contributed by atoms with Crippen LogP contribution in [0, 0.1) is 5.82 Å². The van der Waals surface area contributed by atoms with Gasteiger partial charge in [0.25, 0.3) is 0 Å². The molecule has 6 atom stereocenters. The number of anilines is 1. The maximum Gasteiger partial charge on any atom is 0.340 e. The Morgan fingerprint density at radius 1 is 1.21 bits per heavy atom. The Labute approximate surface area is 219 Å². The van der Waals surface area contributed by atoms with E-state index in [4.69, 9.17) is 30.6 Å². The lowest BCUT2D eigenvalue weighted by Gasteiger charge is -2.18. The molecule has 206 valence electrons. The Hall–Kier alpha value is -1.96. The van der Waals surface area contributed by atoms with Crippen molar-refractivity contribution in [3.8, 4) is 0 Å². The molecule has 1 unspecified atom stereocenters. The maximum atomic E-state index is 13.9. The van der Waals surface area contributed by atoms with E-state index in [1.54, 1.807) is 12.1 Å². The number of aliphatic hydroxyl groups excluding tert-OH is 2. The number of fused-ring (bicyclic) bond motifs is 2. The SMILES string of the molecule is O=P(O)(O)CP(=O)(O)OC[C@H]1O[C@@H](n2ncc3c(N[C@@H]4CCc5ccc(F)cc54)cc(Cl)nc32)[C@H](O)[C@@H]1O. The van der Waals surface area contributed by atoms with Crippen LogP contribution in [0.1, 0.15) is 29.8 Å². The molecule has 1 fully saturated rings. The average Bonchev–Trinajstić information content (AvgIpc) is 3.48. The smallest absolute Gasteiger partial charge is 0.340 e. The highest BCUT2D eigenvalue weighted by atomic mass is 35.5. The molecule has 0 amide bonds. The van der Waals surface area contributed by atoms with Crippen molar-refractivity contribution >= 4 is 43.5 Å². The molecule has 5 rings (SSSR count). The summed E-state index contributed by atoms with van der Waals surface area (Å²) in [6, 6.07) is 6.06. The first-order chi connectivity index (χ1) is 17.8. The third kappa shape index (κ3) is 5.66. The molecule has 13 nitrogen and oxygen atoms in total. The topological polar surface area (TPSA) is 196 Å². The molecular formula is C21H24ClFN4O9P2. The van der Waals surface area contributed by atoms with Gasteiger partial charge in [-0.2, -0.15) is 5.10 Å². The predicted molar refractivity (Wildman–Crippen MR) is 132 cm³/mol. The Bertz CT molecular complexity index is 1470. The molecule has 1 aliphatic heterocycles. The Morgan fingerprint density at radius 3 is 2.71 bits per heavy atom. The Balaban J connectivity index is 1.37. The molecule has 1 saturated heterocycles. The molecule has 0 saturated carbocycles. The van der Waals surface area contributed by atoms with Gasteiger partial charge in [-0.25, -0.2) is 14.1 Å². The third-order valence-electron chi connectivity index (χ3n) is 6.43. The van der Waals surface area contributed by atoms with Gasteiger partial charge >= 0.3 is 15.2 Å². The van der Waals surface area contributed by atoms with Gasteiger partial charge in [-0.1, -0.05) is 17.7 Å². The minimum Gasteiger partial charge on any atom is -0.387 e. The number of nitrogens with zero attached hydrogens (tertiary/aromatic N) is 3. The van der Waals surface area contributed by atoms with Crippen LogP contribution < -0.4 is 5.32 Å². The van der Waals surface area contributed by atoms with E-state index in [9.17, 15) is 28.6 Å². The molecule has 3 aromatic rings. The lowest BCUT2D eigenvalue weighted by Crippen LogP contribution is -2.33. The van der Waals surface area contributed by atoms with Crippen molar-refractivity contribution in [3.05, 3.63) is 52.6 Å². The first kappa shape index (κ1) is 27.6. The molecule has 1 aliphatic carbocycles. The fraction of sp³-hybridized carbons (Fsp3) is 0.429. The van der Waals surface area contributed by atoms with Crippen LogP contribution in [0.2, 0.25) is 5.15 Å². The molecule has 1 aromatic carbocycles.